The molecule has 1 saturated heterocycles. The molecule has 1 heterocycles. The van der Waals surface area contributed by atoms with Gasteiger partial charge in [-0.15, -0.1) is 0 Å². The number of carbonyl (C=O) groups excluding carboxylic acids is 1. The molecular weight excluding hydrogens is 352 g/mol. The van der Waals surface area contributed by atoms with Crippen molar-refractivity contribution >= 4 is 5.97 Å². The number of rotatable bonds is 13. The fourth-order valence-corrected chi connectivity index (χ4v) is 3.01. The summed E-state index contributed by atoms with van der Waals surface area (Å²) in [6, 6.07) is 0. The minimum Gasteiger partial charge on any atom is -0.469 e. The molecule has 4 heteroatoms. The molecule has 158 valence electrons. The van der Waals surface area contributed by atoms with Crippen LogP contribution in [0.1, 0.15) is 72.1 Å². The zero-order chi connectivity index (χ0) is 20.7. The molecular formula is C24H38O4. The Morgan fingerprint density at radius 1 is 0.964 bits per heavy atom. The van der Waals surface area contributed by atoms with Crippen molar-refractivity contribution in [2.45, 2.75) is 90.1 Å². The number of allylic oxidation sites excluding steroid dienone is 6. The number of hydrogen-bond acceptors (Lipinski definition) is 4. The molecule has 1 fully saturated rings. The van der Waals surface area contributed by atoms with E-state index >= 15 is 0 Å². The van der Waals surface area contributed by atoms with Crippen molar-refractivity contribution in [3.8, 4) is 0 Å². The van der Waals surface area contributed by atoms with E-state index in [2.05, 4.69) is 48.1 Å². The molecule has 2 atom stereocenters. The Hall–Kier alpha value is -1.65. The van der Waals surface area contributed by atoms with Gasteiger partial charge in [-0.25, -0.2) is 0 Å². The molecule has 4 nitrogen and oxygen atoms in total. The summed E-state index contributed by atoms with van der Waals surface area (Å²) < 4.78 is 16.7. The van der Waals surface area contributed by atoms with Gasteiger partial charge in [0.2, 0.25) is 0 Å². The van der Waals surface area contributed by atoms with Crippen molar-refractivity contribution in [3.05, 3.63) is 48.6 Å². The average Bonchev–Trinajstić information content (AvgIpc) is 2.96. The van der Waals surface area contributed by atoms with Crippen LogP contribution in [0, 0.1) is 0 Å². The van der Waals surface area contributed by atoms with Crippen LogP contribution in [-0.2, 0) is 19.0 Å². The maximum absolute atomic E-state index is 11.1. The number of hydrogen-bond donors (Lipinski definition) is 0. The Morgan fingerprint density at radius 2 is 1.71 bits per heavy atom. The average molecular weight is 391 g/mol. The Kier molecular flexibility index (Phi) is 12.5. The molecule has 0 unspecified atom stereocenters. The van der Waals surface area contributed by atoms with Crippen LogP contribution in [0.5, 0.6) is 0 Å². The lowest BCUT2D eigenvalue weighted by molar-refractivity contribution is -0.142. The van der Waals surface area contributed by atoms with Crippen molar-refractivity contribution in [1.29, 1.82) is 0 Å². The highest BCUT2D eigenvalue weighted by Crippen LogP contribution is 2.30. The molecule has 0 aromatic rings. The number of carbonyl (C=O) groups is 1. The van der Waals surface area contributed by atoms with Crippen molar-refractivity contribution in [3.63, 3.8) is 0 Å². The minimum atomic E-state index is -0.568. The normalized spacial score (nSPS) is 22.3. The van der Waals surface area contributed by atoms with Gasteiger partial charge >= 0.3 is 5.97 Å². The summed E-state index contributed by atoms with van der Waals surface area (Å²) in [5.74, 6) is -0.724. The molecule has 0 aromatic carbocycles. The van der Waals surface area contributed by atoms with Crippen molar-refractivity contribution < 1.29 is 19.0 Å². The Bertz CT molecular complexity index is 543. The molecule has 0 spiro atoms. The summed E-state index contributed by atoms with van der Waals surface area (Å²) in [6.07, 6.45) is 24.5. The van der Waals surface area contributed by atoms with Crippen LogP contribution in [0.15, 0.2) is 48.6 Å². The summed E-state index contributed by atoms with van der Waals surface area (Å²) in [5.41, 5.74) is 0. The molecule has 0 N–H and O–H groups in total. The summed E-state index contributed by atoms with van der Waals surface area (Å²) in [6.45, 7) is 6.12. The fraction of sp³-hybridized carbons (Fsp3) is 0.625. The molecule has 0 amide bonds. The number of ether oxygens (including phenoxy) is 3. The van der Waals surface area contributed by atoms with E-state index in [1.54, 1.807) is 0 Å². The maximum Gasteiger partial charge on any atom is 0.305 e. The van der Waals surface area contributed by atoms with Crippen LogP contribution in [0.25, 0.3) is 0 Å². The first-order valence-electron chi connectivity index (χ1n) is 10.6. The summed E-state index contributed by atoms with van der Waals surface area (Å²) in [5, 5.41) is 0. The third kappa shape index (κ3) is 11.3. The molecule has 1 aliphatic rings. The predicted octanol–water partition coefficient (Wildman–Crippen LogP) is 6.05. The van der Waals surface area contributed by atoms with E-state index in [-0.39, 0.29) is 18.2 Å². The number of methoxy groups -OCH3 is 1. The van der Waals surface area contributed by atoms with E-state index in [4.69, 9.17) is 9.47 Å². The smallest absolute Gasteiger partial charge is 0.305 e. The second-order valence-corrected chi connectivity index (χ2v) is 7.51. The minimum absolute atomic E-state index is 0.00101. The van der Waals surface area contributed by atoms with Crippen molar-refractivity contribution in [2.24, 2.45) is 0 Å². The topological polar surface area (TPSA) is 44.8 Å². The third-order valence-electron chi connectivity index (χ3n) is 4.48. The Labute approximate surface area is 171 Å². The number of esters is 1. The monoisotopic (exact) mass is 390 g/mol. The molecule has 0 aliphatic carbocycles. The van der Waals surface area contributed by atoms with Gasteiger partial charge in [0.1, 0.15) is 6.10 Å². The zero-order valence-electron chi connectivity index (χ0n) is 18.1. The van der Waals surface area contributed by atoms with Gasteiger partial charge in [-0.05, 0) is 46.0 Å². The largest absolute Gasteiger partial charge is 0.469 e. The summed E-state index contributed by atoms with van der Waals surface area (Å²) in [4.78, 5) is 11.1. The van der Waals surface area contributed by atoms with E-state index < -0.39 is 5.79 Å². The van der Waals surface area contributed by atoms with E-state index in [9.17, 15) is 4.79 Å². The summed E-state index contributed by atoms with van der Waals surface area (Å²) >= 11 is 0. The Balaban J connectivity index is 2.38. The van der Waals surface area contributed by atoms with Crippen LogP contribution in [-0.4, -0.2) is 31.1 Å². The molecule has 0 radical (unpaired) electrons. The van der Waals surface area contributed by atoms with Gasteiger partial charge in [0.25, 0.3) is 0 Å². The van der Waals surface area contributed by atoms with Crippen molar-refractivity contribution in [2.75, 3.05) is 7.11 Å². The van der Waals surface area contributed by atoms with Gasteiger partial charge in [0.15, 0.2) is 5.79 Å². The van der Waals surface area contributed by atoms with Gasteiger partial charge < -0.3 is 14.2 Å². The van der Waals surface area contributed by atoms with Gasteiger partial charge in [-0.1, -0.05) is 68.4 Å². The second-order valence-electron chi connectivity index (χ2n) is 7.51. The van der Waals surface area contributed by atoms with E-state index in [1.807, 2.05) is 26.0 Å². The second kappa shape index (κ2) is 14.4. The van der Waals surface area contributed by atoms with Crippen LogP contribution < -0.4 is 0 Å². The molecule has 0 aromatic heterocycles. The highest BCUT2D eigenvalue weighted by Gasteiger charge is 2.38. The first-order chi connectivity index (χ1) is 13.5. The van der Waals surface area contributed by atoms with Crippen molar-refractivity contribution in [1.82, 2.24) is 0 Å². The fourth-order valence-electron chi connectivity index (χ4n) is 3.01. The van der Waals surface area contributed by atoms with E-state index in [1.165, 1.54) is 26.4 Å². The van der Waals surface area contributed by atoms with Gasteiger partial charge in [-0.3, -0.25) is 4.79 Å². The maximum atomic E-state index is 11.1. The molecule has 0 bridgehead atoms. The molecule has 1 rings (SSSR count). The highest BCUT2D eigenvalue weighted by molar-refractivity contribution is 5.69. The lowest BCUT2D eigenvalue weighted by Crippen LogP contribution is -2.21. The van der Waals surface area contributed by atoms with Crippen LogP contribution in [0.3, 0.4) is 0 Å². The lowest BCUT2D eigenvalue weighted by atomic mass is 10.1. The highest BCUT2D eigenvalue weighted by atomic mass is 16.7. The first kappa shape index (κ1) is 24.4. The summed E-state index contributed by atoms with van der Waals surface area (Å²) in [7, 11) is 1.42. The molecule has 0 saturated carbocycles. The third-order valence-corrected chi connectivity index (χ3v) is 4.48. The SMILES string of the molecule is CCCCC/C=C/C=C/C=C\[C@H]1OC(C)(C)O[C@H]1C/C=C\CCCC(=O)OC. The predicted molar refractivity (Wildman–Crippen MR) is 115 cm³/mol. The van der Waals surface area contributed by atoms with Gasteiger partial charge in [-0.2, -0.15) is 0 Å². The van der Waals surface area contributed by atoms with Gasteiger partial charge in [0.05, 0.1) is 13.2 Å². The van der Waals surface area contributed by atoms with Crippen LogP contribution in [0.2, 0.25) is 0 Å². The zero-order valence-corrected chi connectivity index (χ0v) is 18.1. The quantitative estimate of drug-likeness (QED) is 0.166. The first-order valence-corrected chi connectivity index (χ1v) is 10.6. The molecule has 28 heavy (non-hydrogen) atoms. The molecule has 1 aliphatic heterocycles. The van der Waals surface area contributed by atoms with E-state index in [0.717, 1.165) is 25.7 Å². The number of unbranched alkanes of at least 4 members (excludes halogenated alkanes) is 4. The Morgan fingerprint density at radius 3 is 2.46 bits per heavy atom. The lowest BCUT2D eigenvalue weighted by Gasteiger charge is -2.16. The van der Waals surface area contributed by atoms with Crippen LogP contribution >= 0.6 is 0 Å². The van der Waals surface area contributed by atoms with Gasteiger partial charge in [0, 0.05) is 6.42 Å². The van der Waals surface area contributed by atoms with E-state index in [0.29, 0.717) is 6.42 Å². The standard InChI is InChI=1S/C24H38O4/c1-5-6-7-8-9-10-11-12-15-18-21-22(28-24(2,3)27-21)19-16-13-14-17-20-23(25)26-4/h9-13,15-16,18,21-22H,5-8,14,17,19-20H2,1-4H3/b10-9+,12-11+,16-13-,18-15-/t21-,22+/m1/s1. The van der Waals surface area contributed by atoms with Crippen LogP contribution in [0.4, 0.5) is 0 Å².